The SMILES string of the molecule is NCCOP(=O)(O)OCC(COCCO)OCCO. The Hall–Kier alpha value is -0.0900. The van der Waals surface area contributed by atoms with Crippen LogP contribution in [0.1, 0.15) is 0 Å². The lowest BCUT2D eigenvalue weighted by molar-refractivity contribution is -0.0553. The molecule has 116 valence electrons. The molecule has 2 atom stereocenters. The van der Waals surface area contributed by atoms with Crippen LogP contribution in [-0.2, 0) is 23.1 Å². The highest BCUT2D eigenvalue weighted by Gasteiger charge is 2.23. The van der Waals surface area contributed by atoms with E-state index in [0.29, 0.717) is 0 Å². The van der Waals surface area contributed by atoms with Crippen LogP contribution in [0.25, 0.3) is 0 Å². The van der Waals surface area contributed by atoms with Crippen LogP contribution < -0.4 is 5.73 Å². The van der Waals surface area contributed by atoms with E-state index in [4.69, 9.17) is 29.9 Å². The van der Waals surface area contributed by atoms with E-state index in [1.807, 2.05) is 0 Å². The predicted octanol–water partition coefficient (Wildman–Crippen LogP) is -1.53. The summed E-state index contributed by atoms with van der Waals surface area (Å²) in [5.41, 5.74) is 5.13. The normalized spacial score (nSPS) is 16.2. The third-order valence-corrected chi connectivity index (χ3v) is 2.76. The van der Waals surface area contributed by atoms with E-state index in [0.717, 1.165) is 0 Å². The van der Waals surface area contributed by atoms with Crippen molar-refractivity contribution in [1.29, 1.82) is 0 Å². The predicted molar refractivity (Wildman–Crippen MR) is 65.5 cm³/mol. The number of rotatable bonds is 13. The van der Waals surface area contributed by atoms with Crippen molar-refractivity contribution < 1.29 is 38.2 Å². The molecule has 5 N–H and O–H groups in total. The Morgan fingerprint density at radius 2 is 1.74 bits per heavy atom. The minimum absolute atomic E-state index is 0.0376. The number of hydrogen-bond donors (Lipinski definition) is 4. The molecule has 0 aromatic carbocycles. The van der Waals surface area contributed by atoms with Crippen LogP contribution in [0.2, 0.25) is 0 Å². The Balaban J connectivity index is 4.03. The van der Waals surface area contributed by atoms with Crippen LogP contribution in [0.5, 0.6) is 0 Å². The second-order valence-electron chi connectivity index (χ2n) is 3.40. The van der Waals surface area contributed by atoms with Gasteiger partial charge in [0.1, 0.15) is 6.10 Å². The van der Waals surface area contributed by atoms with Crippen molar-refractivity contribution in [2.75, 3.05) is 52.8 Å². The maximum atomic E-state index is 11.4. The third kappa shape index (κ3) is 11.4. The fourth-order valence-electron chi connectivity index (χ4n) is 1.03. The summed E-state index contributed by atoms with van der Waals surface area (Å²) in [5.74, 6) is 0. The van der Waals surface area contributed by atoms with Gasteiger partial charge in [-0.05, 0) is 0 Å². The number of aliphatic hydroxyl groups excluding tert-OH is 2. The van der Waals surface area contributed by atoms with Crippen LogP contribution in [0.15, 0.2) is 0 Å². The van der Waals surface area contributed by atoms with Gasteiger partial charge < -0.3 is 30.3 Å². The fraction of sp³-hybridized carbons (Fsp3) is 1.00. The van der Waals surface area contributed by atoms with E-state index in [1.54, 1.807) is 0 Å². The lowest BCUT2D eigenvalue weighted by Crippen LogP contribution is -2.27. The van der Waals surface area contributed by atoms with Crippen molar-refractivity contribution in [1.82, 2.24) is 0 Å². The van der Waals surface area contributed by atoms with Gasteiger partial charge in [0.25, 0.3) is 0 Å². The minimum Gasteiger partial charge on any atom is -0.394 e. The Kier molecular flexibility index (Phi) is 11.7. The summed E-state index contributed by atoms with van der Waals surface area (Å²) in [6.45, 7) is -0.395. The molecule has 2 unspecified atom stereocenters. The fourth-order valence-corrected chi connectivity index (χ4v) is 1.79. The summed E-state index contributed by atoms with van der Waals surface area (Å²) in [6, 6.07) is 0. The van der Waals surface area contributed by atoms with Gasteiger partial charge in [-0.2, -0.15) is 0 Å². The first-order chi connectivity index (χ1) is 9.05. The average Bonchev–Trinajstić information content (AvgIpc) is 2.39. The van der Waals surface area contributed by atoms with Crippen molar-refractivity contribution in [3.8, 4) is 0 Å². The molecule has 19 heavy (non-hydrogen) atoms. The first kappa shape index (κ1) is 18.9. The number of hydrogen-bond acceptors (Lipinski definition) is 8. The van der Waals surface area contributed by atoms with Crippen LogP contribution in [-0.4, -0.2) is 74.0 Å². The molecule has 0 aliphatic rings. The van der Waals surface area contributed by atoms with E-state index in [9.17, 15) is 9.46 Å². The molecule has 0 amide bonds. The Morgan fingerprint density at radius 1 is 1.05 bits per heavy atom. The van der Waals surface area contributed by atoms with Crippen LogP contribution in [0, 0.1) is 0 Å². The molecule has 9 nitrogen and oxygen atoms in total. The highest BCUT2D eigenvalue weighted by atomic mass is 31.2. The molecule has 0 saturated carbocycles. The topological polar surface area (TPSA) is 141 Å². The molecule has 0 spiro atoms. The van der Waals surface area contributed by atoms with Crippen LogP contribution in [0.3, 0.4) is 0 Å². The molecule has 0 bridgehead atoms. The zero-order valence-electron chi connectivity index (χ0n) is 10.6. The maximum Gasteiger partial charge on any atom is 0.472 e. The van der Waals surface area contributed by atoms with Gasteiger partial charge in [-0.1, -0.05) is 0 Å². The summed E-state index contributed by atoms with van der Waals surface area (Å²) in [7, 11) is -4.16. The number of phosphoric ester groups is 1. The van der Waals surface area contributed by atoms with Crippen molar-refractivity contribution in [3.63, 3.8) is 0 Å². The van der Waals surface area contributed by atoms with Gasteiger partial charge in [0.15, 0.2) is 0 Å². The smallest absolute Gasteiger partial charge is 0.394 e. The highest BCUT2D eigenvalue weighted by molar-refractivity contribution is 7.47. The van der Waals surface area contributed by atoms with Crippen LogP contribution in [0.4, 0.5) is 0 Å². The van der Waals surface area contributed by atoms with Gasteiger partial charge in [0, 0.05) is 6.54 Å². The average molecular weight is 303 g/mol. The summed E-state index contributed by atoms with van der Waals surface area (Å²) in [5, 5.41) is 17.2. The van der Waals surface area contributed by atoms with Gasteiger partial charge >= 0.3 is 7.82 Å². The van der Waals surface area contributed by atoms with Gasteiger partial charge in [-0.15, -0.1) is 0 Å². The number of aliphatic hydroxyl groups is 2. The highest BCUT2D eigenvalue weighted by Crippen LogP contribution is 2.42. The molecule has 0 aromatic heterocycles. The van der Waals surface area contributed by atoms with E-state index in [-0.39, 0.29) is 52.8 Å². The van der Waals surface area contributed by atoms with Crippen molar-refractivity contribution in [2.24, 2.45) is 5.73 Å². The molecular formula is C9H22NO8P. The summed E-state index contributed by atoms with van der Waals surface area (Å²) in [4.78, 5) is 9.26. The first-order valence-electron chi connectivity index (χ1n) is 5.78. The van der Waals surface area contributed by atoms with E-state index in [1.165, 1.54) is 0 Å². The van der Waals surface area contributed by atoms with Crippen molar-refractivity contribution in [2.45, 2.75) is 6.10 Å². The lowest BCUT2D eigenvalue weighted by Gasteiger charge is -2.19. The largest absolute Gasteiger partial charge is 0.472 e. The van der Waals surface area contributed by atoms with Crippen LogP contribution >= 0.6 is 7.82 Å². The quantitative estimate of drug-likeness (QED) is 0.235. The Labute approximate surface area is 111 Å². The first-order valence-corrected chi connectivity index (χ1v) is 7.28. The number of nitrogens with two attached hydrogens (primary N) is 1. The van der Waals surface area contributed by atoms with Gasteiger partial charge in [0.2, 0.25) is 0 Å². The molecule has 0 aromatic rings. The summed E-state index contributed by atoms with van der Waals surface area (Å²) >= 11 is 0. The third-order valence-electron chi connectivity index (χ3n) is 1.78. The molecule has 0 heterocycles. The molecule has 10 heteroatoms. The van der Waals surface area contributed by atoms with Crippen molar-refractivity contribution in [3.05, 3.63) is 0 Å². The summed E-state index contributed by atoms with van der Waals surface area (Å²) < 4.78 is 30.8. The van der Waals surface area contributed by atoms with Gasteiger partial charge in [0.05, 0.1) is 46.2 Å². The Bertz CT molecular complexity index is 254. The second-order valence-corrected chi connectivity index (χ2v) is 4.85. The molecular weight excluding hydrogens is 281 g/mol. The van der Waals surface area contributed by atoms with Gasteiger partial charge in [-0.3, -0.25) is 9.05 Å². The van der Waals surface area contributed by atoms with E-state index in [2.05, 4.69) is 4.52 Å². The molecule has 0 rings (SSSR count). The van der Waals surface area contributed by atoms with E-state index < -0.39 is 13.9 Å². The Morgan fingerprint density at radius 3 is 2.32 bits per heavy atom. The zero-order chi connectivity index (χ0) is 14.6. The summed E-state index contributed by atoms with van der Waals surface area (Å²) in [6.07, 6.45) is -0.652. The molecule has 0 aliphatic heterocycles. The number of phosphoric acid groups is 1. The maximum absolute atomic E-state index is 11.4. The zero-order valence-corrected chi connectivity index (χ0v) is 11.5. The minimum atomic E-state index is -4.16. The lowest BCUT2D eigenvalue weighted by atomic mass is 10.4. The molecule has 0 saturated heterocycles. The molecule has 0 radical (unpaired) electrons. The van der Waals surface area contributed by atoms with E-state index >= 15 is 0 Å². The van der Waals surface area contributed by atoms with Crippen molar-refractivity contribution >= 4 is 7.82 Å². The monoisotopic (exact) mass is 303 g/mol. The van der Waals surface area contributed by atoms with Gasteiger partial charge in [-0.25, -0.2) is 4.57 Å². The molecule has 0 aliphatic carbocycles. The standard InChI is InChI=1S/C9H22NO8P/c10-1-4-17-19(13,14)18-8-9(16-6-3-12)7-15-5-2-11/h9,11-12H,1-8,10H2,(H,13,14). The molecule has 0 fully saturated rings. The second kappa shape index (κ2) is 11.7. The number of ether oxygens (including phenoxy) is 2.